The molecule has 1 unspecified atom stereocenters. The predicted octanol–water partition coefficient (Wildman–Crippen LogP) is 3.12. The van der Waals surface area contributed by atoms with Gasteiger partial charge in [0.25, 0.3) is 11.8 Å². The van der Waals surface area contributed by atoms with Gasteiger partial charge in [0, 0.05) is 11.1 Å². The van der Waals surface area contributed by atoms with Crippen molar-refractivity contribution >= 4 is 29.1 Å². The Labute approximate surface area is 141 Å². The van der Waals surface area contributed by atoms with E-state index in [9.17, 15) is 18.4 Å². The summed E-state index contributed by atoms with van der Waals surface area (Å²) in [7, 11) is 0. The minimum Gasteiger partial charge on any atom is -0.480 e. The molecule has 0 fully saturated rings. The molecular formula is C16H13ClF2N2O3. The van der Waals surface area contributed by atoms with Crippen molar-refractivity contribution in [2.75, 3.05) is 5.32 Å². The number of amides is 2. The summed E-state index contributed by atoms with van der Waals surface area (Å²) in [5, 5.41) is 2.55. The van der Waals surface area contributed by atoms with Crippen molar-refractivity contribution in [3.8, 4) is 5.75 Å². The van der Waals surface area contributed by atoms with Crippen molar-refractivity contribution in [2.24, 2.45) is 5.73 Å². The highest BCUT2D eigenvalue weighted by atomic mass is 35.5. The molecule has 2 aromatic rings. The van der Waals surface area contributed by atoms with Crippen LogP contribution in [0.15, 0.2) is 36.4 Å². The van der Waals surface area contributed by atoms with E-state index in [1.807, 2.05) is 0 Å². The summed E-state index contributed by atoms with van der Waals surface area (Å²) in [5.41, 5.74) is 5.05. The highest BCUT2D eigenvalue weighted by Gasteiger charge is 2.19. The van der Waals surface area contributed by atoms with Gasteiger partial charge in [0.15, 0.2) is 6.10 Å². The Bertz CT molecular complexity index is 799. The summed E-state index contributed by atoms with van der Waals surface area (Å²) >= 11 is 5.78. The van der Waals surface area contributed by atoms with Gasteiger partial charge in [0.1, 0.15) is 17.4 Å². The maximum atomic E-state index is 13.5. The minimum absolute atomic E-state index is 0.00936. The largest absolute Gasteiger partial charge is 0.480 e. The van der Waals surface area contributed by atoms with Crippen LogP contribution in [0.25, 0.3) is 0 Å². The lowest BCUT2D eigenvalue weighted by Gasteiger charge is -2.16. The van der Waals surface area contributed by atoms with Crippen LogP contribution in [0.3, 0.4) is 0 Å². The number of ether oxygens (including phenoxy) is 1. The zero-order valence-electron chi connectivity index (χ0n) is 12.5. The van der Waals surface area contributed by atoms with Crippen molar-refractivity contribution in [1.82, 2.24) is 0 Å². The van der Waals surface area contributed by atoms with Crippen molar-refractivity contribution in [3.63, 3.8) is 0 Å². The monoisotopic (exact) mass is 354 g/mol. The smallest absolute Gasteiger partial charge is 0.265 e. The third-order valence-electron chi connectivity index (χ3n) is 3.07. The molecule has 0 radical (unpaired) electrons. The summed E-state index contributed by atoms with van der Waals surface area (Å²) < 4.78 is 31.8. The van der Waals surface area contributed by atoms with Gasteiger partial charge in [0.05, 0.1) is 11.3 Å². The Kier molecular flexibility index (Phi) is 5.35. The summed E-state index contributed by atoms with van der Waals surface area (Å²) in [6.07, 6.45) is -1.08. The van der Waals surface area contributed by atoms with Crippen molar-refractivity contribution < 1.29 is 23.1 Å². The first-order valence-electron chi connectivity index (χ1n) is 6.80. The number of nitrogens with two attached hydrogens (primary N) is 1. The summed E-state index contributed by atoms with van der Waals surface area (Å²) in [5.74, 6) is -3.08. The maximum Gasteiger partial charge on any atom is 0.265 e. The van der Waals surface area contributed by atoms with E-state index in [2.05, 4.69) is 5.32 Å². The molecule has 2 rings (SSSR count). The molecule has 0 aliphatic rings. The lowest BCUT2D eigenvalue weighted by Crippen LogP contribution is -2.31. The first kappa shape index (κ1) is 17.7. The number of hydrogen-bond acceptors (Lipinski definition) is 3. The fraction of sp³-hybridized carbons (Fsp3) is 0.125. The molecule has 0 saturated heterocycles. The van der Waals surface area contributed by atoms with E-state index in [-0.39, 0.29) is 22.0 Å². The molecular weight excluding hydrogens is 342 g/mol. The quantitative estimate of drug-likeness (QED) is 0.865. The SMILES string of the molecule is CC(Oc1ccc(Cl)cc1C(N)=O)C(=O)Nc1ccc(F)cc1F. The zero-order chi connectivity index (χ0) is 17.9. The van der Waals surface area contributed by atoms with Crippen LogP contribution in [0.4, 0.5) is 14.5 Å². The van der Waals surface area contributed by atoms with Gasteiger partial charge in [-0.05, 0) is 37.3 Å². The van der Waals surface area contributed by atoms with E-state index in [4.69, 9.17) is 22.1 Å². The van der Waals surface area contributed by atoms with Gasteiger partial charge in [-0.3, -0.25) is 9.59 Å². The summed E-state index contributed by atoms with van der Waals surface area (Å²) in [6.45, 7) is 1.40. The fourth-order valence-corrected chi connectivity index (χ4v) is 2.04. The van der Waals surface area contributed by atoms with Crippen molar-refractivity contribution in [3.05, 3.63) is 58.6 Å². The average Bonchev–Trinajstić information content (AvgIpc) is 2.51. The van der Waals surface area contributed by atoms with Crippen molar-refractivity contribution in [2.45, 2.75) is 13.0 Å². The number of halogens is 3. The molecule has 24 heavy (non-hydrogen) atoms. The topological polar surface area (TPSA) is 81.4 Å². The normalized spacial score (nSPS) is 11.7. The zero-order valence-corrected chi connectivity index (χ0v) is 13.2. The molecule has 0 heterocycles. The molecule has 2 amide bonds. The minimum atomic E-state index is -1.08. The van der Waals surface area contributed by atoms with E-state index in [1.165, 1.54) is 25.1 Å². The van der Waals surface area contributed by atoms with Crippen LogP contribution in [0, 0.1) is 11.6 Å². The van der Waals surface area contributed by atoms with E-state index in [0.717, 1.165) is 12.1 Å². The Balaban J connectivity index is 2.13. The highest BCUT2D eigenvalue weighted by molar-refractivity contribution is 6.31. The van der Waals surface area contributed by atoms with E-state index >= 15 is 0 Å². The van der Waals surface area contributed by atoms with Crippen LogP contribution in [-0.4, -0.2) is 17.9 Å². The average molecular weight is 355 g/mol. The Morgan fingerprint density at radius 1 is 1.21 bits per heavy atom. The van der Waals surface area contributed by atoms with Gasteiger partial charge in [-0.2, -0.15) is 0 Å². The van der Waals surface area contributed by atoms with Gasteiger partial charge in [-0.1, -0.05) is 11.6 Å². The fourth-order valence-electron chi connectivity index (χ4n) is 1.87. The standard InChI is InChI=1S/C16H13ClF2N2O3/c1-8(16(23)21-13-4-3-10(18)7-12(13)19)24-14-5-2-9(17)6-11(14)15(20)22/h2-8H,1H3,(H2,20,22)(H,21,23). The second kappa shape index (κ2) is 7.27. The van der Waals surface area contributed by atoms with E-state index in [0.29, 0.717) is 6.07 Å². The molecule has 5 nitrogen and oxygen atoms in total. The first-order chi connectivity index (χ1) is 11.3. The second-order valence-electron chi connectivity index (χ2n) is 4.88. The Hall–Kier alpha value is -2.67. The number of nitrogens with one attached hydrogen (secondary N) is 1. The number of benzene rings is 2. The third-order valence-corrected chi connectivity index (χ3v) is 3.30. The molecule has 0 spiro atoms. The number of primary amides is 1. The first-order valence-corrected chi connectivity index (χ1v) is 7.17. The third kappa shape index (κ3) is 4.20. The molecule has 8 heteroatoms. The van der Waals surface area contributed by atoms with Crippen LogP contribution in [-0.2, 0) is 4.79 Å². The second-order valence-corrected chi connectivity index (χ2v) is 5.31. The lowest BCUT2D eigenvalue weighted by molar-refractivity contribution is -0.122. The molecule has 1 atom stereocenters. The van der Waals surface area contributed by atoms with Crippen LogP contribution < -0.4 is 15.8 Å². The molecule has 2 aromatic carbocycles. The maximum absolute atomic E-state index is 13.5. The van der Waals surface area contributed by atoms with Crippen LogP contribution in [0.2, 0.25) is 5.02 Å². The van der Waals surface area contributed by atoms with Gasteiger partial charge in [-0.25, -0.2) is 8.78 Å². The molecule has 0 aliphatic heterocycles. The summed E-state index contributed by atoms with van der Waals surface area (Å²) in [6, 6.07) is 6.91. The molecule has 126 valence electrons. The van der Waals surface area contributed by atoms with Gasteiger partial charge >= 0.3 is 0 Å². The number of carbonyl (C=O) groups is 2. The number of rotatable bonds is 5. The number of anilines is 1. The highest BCUT2D eigenvalue weighted by Crippen LogP contribution is 2.24. The van der Waals surface area contributed by atoms with E-state index < -0.39 is 29.6 Å². The Morgan fingerprint density at radius 3 is 2.54 bits per heavy atom. The van der Waals surface area contributed by atoms with Crippen LogP contribution in [0.1, 0.15) is 17.3 Å². The Morgan fingerprint density at radius 2 is 1.92 bits per heavy atom. The molecule has 0 saturated carbocycles. The van der Waals surface area contributed by atoms with Crippen molar-refractivity contribution in [1.29, 1.82) is 0 Å². The summed E-state index contributed by atoms with van der Waals surface area (Å²) in [4.78, 5) is 23.5. The number of carbonyl (C=O) groups excluding carboxylic acids is 2. The van der Waals surface area contributed by atoms with Crippen LogP contribution in [0.5, 0.6) is 5.75 Å². The van der Waals surface area contributed by atoms with Gasteiger partial charge in [0.2, 0.25) is 0 Å². The van der Waals surface area contributed by atoms with Crippen LogP contribution >= 0.6 is 11.6 Å². The molecule has 0 aromatic heterocycles. The lowest BCUT2D eigenvalue weighted by atomic mass is 10.2. The molecule has 0 aliphatic carbocycles. The predicted molar refractivity (Wildman–Crippen MR) is 85.0 cm³/mol. The number of hydrogen-bond donors (Lipinski definition) is 2. The van der Waals surface area contributed by atoms with E-state index in [1.54, 1.807) is 0 Å². The van der Waals surface area contributed by atoms with Gasteiger partial charge in [-0.15, -0.1) is 0 Å². The molecule has 0 bridgehead atoms. The molecule has 3 N–H and O–H groups in total. The van der Waals surface area contributed by atoms with Gasteiger partial charge < -0.3 is 15.8 Å².